The maximum Gasteiger partial charge on any atom is 0.354 e. The van der Waals surface area contributed by atoms with Gasteiger partial charge in [0.15, 0.2) is 5.82 Å². The molecule has 0 saturated carbocycles. The molecule has 0 saturated heterocycles. The second-order valence-corrected chi connectivity index (χ2v) is 4.08. The van der Waals surface area contributed by atoms with E-state index in [0.717, 1.165) is 12.2 Å². The number of nitrogens with zero attached hydrogens (tertiary/aromatic N) is 4. The zero-order chi connectivity index (χ0) is 13.7. The van der Waals surface area contributed by atoms with Crippen molar-refractivity contribution in [3.8, 4) is 0 Å². The minimum Gasteiger partial charge on any atom is -0.477 e. The van der Waals surface area contributed by atoms with Crippen molar-refractivity contribution in [3.05, 3.63) is 41.7 Å². The fourth-order valence-electron chi connectivity index (χ4n) is 1.61. The lowest BCUT2D eigenvalue weighted by atomic mass is 10.3. The number of carboxylic acids is 1. The smallest absolute Gasteiger partial charge is 0.354 e. The van der Waals surface area contributed by atoms with E-state index in [9.17, 15) is 4.79 Å². The van der Waals surface area contributed by atoms with Gasteiger partial charge in [-0.15, -0.1) is 0 Å². The van der Waals surface area contributed by atoms with E-state index in [1.165, 1.54) is 6.07 Å². The van der Waals surface area contributed by atoms with Crippen molar-refractivity contribution in [2.75, 3.05) is 6.54 Å². The Morgan fingerprint density at radius 3 is 3.00 bits per heavy atom. The summed E-state index contributed by atoms with van der Waals surface area (Å²) in [4.78, 5) is 18.9. The SMILES string of the molecule is Cn1cnc(CCNCc2cccc(C(=O)O)n2)n1. The molecule has 2 aromatic rings. The summed E-state index contributed by atoms with van der Waals surface area (Å²) in [6.07, 6.45) is 2.38. The summed E-state index contributed by atoms with van der Waals surface area (Å²) in [5, 5.41) is 16.2. The van der Waals surface area contributed by atoms with Crippen LogP contribution in [0.3, 0.4) is 0 Å². The van der Waals surface area contributed by atoms with Gasteiger partial charge in [0.2, 0.25) is 0 Å². The van der Waals surface area contributed by atoms with Crippen molar-refractivity contribution in [1.82, 2.24) is 25.1 Å². The molecular formula is C12H15N5O2. The molecule has 0 aliphatic heterocycles. The van der Waals surface area contributed by atoms with E-state index in [1.807, 2.05) is 7.05 Å². The number of aryl methyl sites for hydroxylation is 1. The van der Waals surface area contributed by atoms with Crippen LogP contribution >= 0.6 is 0 Å². The molecule has 7 nitrogen and oxygen atoms in total. The predicted octanol–water partition coefficient (Wildman–Crippen LogP) is 0.241. The van der Waals surface area contributed by atoms with Gasteiger partial charge in [-0.2, -0.15) is 5.10 Å². The minimum atomic E-state index is -1.01. The maximum atomic E-state index is 10.8. The molecule has 0 aliphatic carbocycles. The van der Waals surface area contributed by atoms with Crippen molar-refractivity contribution in [2.24, 2.45) is 7.05 Å². The number of hydrogen-bond acceptors (Lipinski definition) is 5. The molecule has 0 aromatic carbocycles. The number of aromatic nitrogens is 4. The van der Waals surface area contributed by atoms with Crippen LogP contribution in [0.1, 0.15) is 22.0 Å². The second kappa shape index (κ2) is 6.05. The summed E-state index contributed by atoms with van der Waals surface area (Å²) in [7, 11) is 1.82. The van der Waals surface area contributed by atoms with Gasteiger partial charge in [-0.1, -0.05) is 6.07 Å². The van der Waals surface area contributed by atoms with E-state index in [0.29, 0.717) is 18.8 Å². The molecule has 0 amide bonds. The summed E-state index contributed by atoms with van der Waals surface area (Å²) in [5.74, 6) is -0.234. The van der Waals surface area contributed by atoms with E-state index in [4.69, 9.17) is 5.11 Å². The zero-order valence-corrected chi connectivity index (χ0v) is 10.6. The van der Waals surface area contributed by atoms with E-state index in [2.05, 4.69) is 20.4 Å². The van der Waals surface area contributed by atoms with Crippen LogP contribution in [0.25, 0.3) is 0 Å². The highest BCUT2D eigenvalue weighted by Crippen LogP contribution is 1.99. The quantitative estimate of drug-likeness (QED) is 0.724. The van der Waals surface area contributed by atoms with Gasteiger partial charge in [-0.3, -0.25) is 4.68 Å². The minimum absolute atomic E-state index is 0.0608. The van der Waals surface area contributed by atoms with Crippen molar-refractivity contribution < 1.29 is 9.90 Å². The third-order valence-corrected chi connectivity index (χ3v) is 2.50. The molecule has 0 bridgehead atoms. The number of nitrogens with one attached hydrogen (secondary N) is 1. The molecule has 2 aromatic heterocycles. The lowest BCUT2D eigenvalue weighted by molar-refractivity contribution is 0.0690. The van der Waals surface area contributed by atoms with Crippen molar-refractivity contribution >= 4 is 5.97 Å². The monoisotopic (exact) mass is 261 g/mol. The summed E-state index contributed by atoms with van der Waals surface area (Å²) in [6.45, 7) is 1.23. The lowest BCUT2D eigenvalue weighted by Gasteiger charge is -2.03. The number of carboxylic acid groups (broad SMARTS) is 1. The number of hydrogen-bond donors (Lipinski definition) is 2. The van der Waals surface area contributed by atoms with Gasteiger partial charge in [-0.25, -0.2) is 14.8 Å². The van der Waals surface area contributed by atoms with Gasteiger partial charge in [0, 0.05) is 26.6 Å². The topological polar surface area (TPSA) is 92.9 Å². The Morgan fingerprint density at radius 1 is 1.47 bits per heavy atom. The molecular weight excluding hydrogens is 246 g/mol. The Balaban J connectivity index is 1.79. The van der Waals surface area contributed by atoms with E-state index in [1.54, 1.807) is 23.1 Å². The highest BCUT2D eigenvalue weighted by molar-refractivity contribution is 5.85. The van der Waals surface area contributed by atoms with Crippen LogP contribution in [0.5, 0.6) is 0 Å². The molecule has 0 atom stereocenters. The Morgan fingerprint density at radius 2 is 2.32 bits per heavy atom. The number of rotatable bonds is 6. The number of aromatic carboxylic acids is 1. The molecule has 2 heterocycles. The van der Waals surface area contributed by atoms with E-state index >= 15 is 0 Å². The average molecular weight is 261 g/mol. The van der Waals surface area contributed by atoms with Crippen molar-refractivity contribution in [1.29, 1.82) is 0 Å². The molecule has 0 radical (unpaired) electrons. The van der Waals surface area contributed by atoms with Crippen LogP contribution in [0.2, 0.25) is 0 Å². The van der Waals surface area contributed by atoms with Gasteiger partial charge < -0.3 is 10.4 Å². The highest BCUT2D eigenvalue weighted by Gasteiger charge is 2.05. The predicted molar refractivity (Wildman–Crippen MR) is 67.6 cm³/mol. The molecule has 7 heteroatoms. The summed E-state index contributed by atoms with van der Waals surface area (Å²) >= 11 is 0. The molecule has 19 heavy (non-hydrogen) atoms. The third kappa shape index (κ3) is 3.85. The summed E-state index contributed by atoms with van der Waals surface area (Å²) < 4.78 is 1.66. The van der Waals surface area contributed by atoms with Crippen LogP contribution in [0.4, 0.5) is 0 Å². The fraction of sp³-hybridized carbons (Fsp3) is 0.333. The molecule has 0 fully saturated rings. The second-order valence-electron chi connectivity index (χ2n) is 4.08. The first-order valence-electron chi connectivity index (χ1n) is 5.89. The Labute approximate surface area is 110 Å². The van der Waals surface area contributed by atoms with Gasteiger partial charge in [0.25, 0.3) is 0 Å². The molecule has 2 N–H and O–H groups in total. The van der Waals surface area contributed by atoms with Gasteiger partial charge in [-0.05, 0) is 12.1 Å². The lowest BCUT2D eigenvalue weighted by Crippen LogP contribution is -2.18. The van der Waals surface area contributed by atoms with Crippen LogP contribution in [-0.4, -0.2) is 37.4 Å². The first-order valence-corrected chi connectivity index (χ1v) is 5.89. The van der Waals surface area contributed by atoms with E-state index < -0.39 is 5.97 Å². The average Bonchev–Trinajstić information content (AvgIpc) is 2.81. The molecule has 2 rings (SSSR count). The summed E-state index contributed by atoms with van der Waals surface area (Å²) in [6, 6.07) is 4.95. The first kappa shape index (κ1) is 13.2. The normalized spacial score (nSPS) is 10.6. The fourth-order valence-corrected chi connectivity index (χ4v) is 1.61. The van der Waals surface area contributed by atoms with Crippen LogP contribution in [0.15, 0.2) is 24.5 Å². The first-order chi connectivity index (χ1) is 9.15. The third-order valence-electron chi connectivity index (χ3n) is 2.50. The van der Waals surface area contributed by atoms with Gasteiger partial charge >= 0.3 is 5.97 Å². The molecule has 0 spiro atoms. The summed E-state index contributed by atoms with van der Waals surface area (Å²) in [5.41, 5.74) is 0.763. The molecule has 100 valence electrons. The standard InChI is InChI=1S/C12H15N5O2/c1-17-8-14-11(16-17)5-6-13-7-9-3-2-4-10(15-9)12(18)19/h2-4,8,13H,5-7H2,1H3,(H,18,19). The Kier molecular flexibility index (Phi) is 4.19. The zero-order valence-electron chi connectivity index (χ0n) is 10.6. The van der Waals surface area contributed by atoms with Crippen LogP contribution in [-0.2, 0) is 20.0 Å². The van der Waals surface area contributed by atoms with Crippen LogP contribution in [0, 0.1) is 0 Å². The largest absolute Gasteiger partial charge is 0.477 e. The van der Waals surface area contributed by atoms with E-state index in [-0.39, 0.29) is 5.69 Å². The van der Waals surface area contributed by atoms with Crippen LogP contribution < -0.4 is 5.32 Å². The van der Waals surface area contributed by atoms with Gasteiger partial charge in [0.05, 0.1) is 5.69 Å². The van der Waals surface area contributed by atoms with Crippen molar-refractivity contribution in [2.45, 2.75) is 13.0 Å². The molecule has 0 aliphatic rings. The number of pyridine rings is 1. The number of carbonyl (C=O) groups is 1. The maximum absolute atomic E-state index is 10.8. The Hall–Kier alpha value is -2.28. The Bertz CT molecular complexity index is 567. The molecule has 0 unspecified atom stereocenters. The van der Waals surface area contributed by atoms with Gasteiger partial charge in [0.1, 0.15) is 12.0 Å². The van der Waals surface area contributed by atoms with Crippen molar-refractivity contribution in [3.63, 3.8) is 0 Å². The highest BCUT2D eigenvalue weighted by atomic mass is 16.4.